The standard InChI is InChI=1S/C26H24O10/c1-2-22(27)33-15-23(28)34-19-11-13-21(14-12-19)36-26(32)18-5-3-17(4-6-18)25(31)35-20-9-7-16(8-10-20)24(29)30/h2-6,11-14,16,20H,1,7-10,15H2,(H,29,30). The minimum atomic E-state index is -0.828. The molecule has 0 atom stereocenters. The highest BCUT2D eigenvalue weighted by Gasteiger charge is 2.28. The maximum atomic E-state index is 12.4. The first-order chi connectivity index (χ1) is 17.2. The van der Waals surface area contributed by atoms with E-state index < -0.39 is 42.4 Å². The Bertz CT molecular complexity index is 1130. The van der Waals surface area contributed by atoms with Crippen LogP contribution in [0, 0.1) is 5.92 Å². The monoisotopic (exact) mass is 496 g/mol. The number of rotatable bonds is 9. The third-order valence-electron chi connectivity index (χ3n) is 5.42. The molecule has 0 bridgehead atoms. The van der Waals surface area contributed by atoms with Gasteiger partial charge in [-0.15, -0.1) is 0 Å². The Kier molecular flexibility index (Phi) is 8.93. The van der Waals surface area contributed by atoms with Gasteiger partial charge in [0.2, 0.25) is 0 Å². The molecular weight excluding hydrogens is 472 g/mol. The Hall–Kier alpha value is -4.47. The smallest absolute Gasteiger partial charge is 0.349 e. The minimum absolute atomic E-state index is 0.161. The number of esters is 4. The van der Waals surface area contributed by atoms with Gasteiger partial charge < -0.3 is 24.1 Å². The van der Waals surface area contributed by atoms with E-state index in [1.807, 2.05) is 0 Å². The van der Waals surface area contributed by atoms with Crippen molar-refractivity contribution in [3.63, 3.8) is 0 Å². The molecule has 10 heteroatoms. The summed E-state index contributed by atoms with van der Waals surface area (Å²) in [4.78, 5) is 58.4. The Morgan fingerprint density at radius 1 is 0.806 bits per heavy atom. The van der Waals surface area contributed by atoms with Gasteiger partial charge in [0, 0.05) is 6.08 Å². The average Bonchev–Trinajstić information content (AvgIpc) is 2.88. The van der Waals surface area contributed by atoms with E-state index in [0.29, 0.717) is 25.7 Å². The average molecular weight is 496 g/mol. The molecule has 0 heterocycles. The van der Waals surface area contributed by atoms with Crippen LogP contribution in [0.4, 0.5) is 0 Å². The van der Waals surface area contributed by atoms with Gasteiger partial charge in [-0.3, -0.25) is 4.79 Å². The lowest BCUT2D eigenvalue weighted by Gasteiger charge is -2.25. The summed E-state index contributed by atoms with van der Waals surface area (Å²) in [5, 5.41) is 9.05. The molecule has 0 aliphatic heterocycles. The summed E-state index contributed by atoms with van der Waals surface area (Å²) in [7, 11) is 0. The van der Waals surface area contributed by atoms with Crippen LogP contribution in [0.2, 0.25) is 0 Å². The lowest BCUT2D eigenvalue weighted by Crippen LogP contribution is -2.27. The number of ether oxygens (including phenoxy) is 4. The zero-order chi connectivity index (χ0) is 26.1. The van der Waals surface area contributed by atoms with Crippen molar-refractivity contribution >= 4 is 29.8 Å². The van der Waals surface area contributed by atoms with Crippen molar-refractivity contribution < 1.29 is 48.0 Å². The highest BCUT2D eigenvalue weighted by atomic mass is 16.6. The molecule has 1 N–H and O–H groups in total. The number of benzene rings is 2. The molecule has 2 aromatic carbocycles. The molecule has 0 aromatic heterocycles. The number of carboxylic acids is 1. The van der Waals surface area contributed by atoms with Crippen LogP contribution in [-0.2, 0) is 23.9 Å². The number of carbonyl (C=O) groups is 5. The Morgan fingerprint density at radius 3 is 1.86 bits per heavy atom. The van der Waals surface area contributed by atoms with Crippen molar-refractivity contribution in [2.24, 2.45) is 5.92 Å². The molecule has 1 aliphatic rings. The third-order valence-corrected chi connectivity index (χ3v) is 5.42. The lowest BCUT2D eigenvalue weighted by molar-refractivity contribution is -0.150. The van der Waals surface area contributed by atoms with Gasteiger partial charge in [0.25, 0.3) is 0 Å². The summed E-state index contributed by atoms with van der Waals surface area (Å²) in [5.41, 5.74) is 0.463. The molecule has 188 valence electrons. The fourth-order valence-electron chi connectivity index (χ4n) is 3.48. The van der Waals surface area contributed by atoms with Gasteiger partial charge in [-0.1, -0.05) is 6.58 Å². The molecule has 10 nitrogen and oxygen atoms in total. The van der Waals surface area contributed by atoms with Crippen molar-refractivity contribution in [3.8, 4) is 11.5 Å². The Morgan fingerprint density at radius 2 is 1.33 bits per heavy atom. The maximum absolute atomic E-state index is 12.4. The van der Waals surface area contributed by atoms with Crippen molar-refractivity contribution in [3.05, 3.63) is 72.3 Å². The summed E-state index contributed by atoms with van der Waals surface area (Å²) in [6.45, 7) is 2.64. The van der Waals surface area contributed by atoms with Gasteiger partial charge in [-0.25, -0.2) is 19.2 Å². The van der Waals surface area contributed by atoms with E-state index in [1.165, 1.54) is 48.5 Å². The summed E-state index contributed by atoms with van der Waals surface area (Å²) in [5.74, 6) is -3.62. The number of aliphatic carboxylic acids is 1. The molecule has 3 rings (SSSR count). The van der Waals surface area contributed by atoms with Crippen LogP contribution in [0.3, 0.4) is 0 Å². The van der Waals surface area contributed by atoms with E-state index in [0.717, 1.165) is 6.08 Å². The molecule has 1 aliphatic carbocycles. The van der Waals surface area contributed by atoms with Crippen LogP contribution in [0.25, 0.3) is 0 Å². The van der Waals surface area contributed by atoms with Gasteiger partial charge >= 0.3 is 29.8 Å². The zero-order valence-electron chi connectivity index (χ0n) is 19.2. The molecule has 0 amide bonds. The van der Waals surface area contributed by atoms with Crippen molar-refractivity contribution in [2.45, 2.75) is 31.8 Å². The van der Waals surface area contributed by atoms with Crippen LogP contribution >= 0.6 is 0 Å². The molecular formula is C26H24O10. The zero-order valence-corrected chi connectivity index (χ0v) is 19.2. The first-order valence-corrected chi connectivity index (χ1v) is 11.1. The van der Waals surface area contributed by atoms with Crippen molar-refractivity contribution in [2.75, 3.05) is 6.61 Å². The van der Waals surface area contributed by atoms with Crippen LogP contribution in [0.15, 0.2) is 61.2 Å². The van der Waals surface area contributed by atoms with E-state index in [1.54, 1.807) is 0 Å². The van der Waals surface area contributed by atoms with E-state index in [-0.39, 0.29) is 28.7 Å². The summed E-state index contributed by atoms with van der Waals surface area (Å²) < 4.78 is 20.3. The predicted molar refractivity (Wildman–Crippen MR) is 123 cm³/mol. The lowest BCUT2D eigenvalue weighted by atomic mass is 9.87. The molecule has 1 fully saturated rings. The van der Waals surface area contributed by atoms with E-state index in [4.69, 9.17) is 19.3 Å². The Balaban J connectivity index is 1.48. The van der Waals surface area contributed by atoms with E-state index >= 15 is 0 Å². The molecule has 36 heavy (non-hydrogen) atoms. The first kappa shape index (κ1) is 26.1. The van der Waals surface area contributed by atoms with Crippen LogP contribution < -0.4 is 9.47 Å². The predicted octanol–water partition coefficient (Wildman–Crippen LogP) is 3.34. The highest BCUT2D eigenvalue weighted by molar-refractivity contribution is 5.94. The van der Waals surface area contributed by atoms with Crippen molar-refractivity contribution in [1.82, 2.24) is 0 Å². The number of hydrogen-bond acceptors (Lipinski definition) is 9. The number of carboxylic acid groups (broad SMARTS) is 1. The second kappa shape index (κ2) is 12.3. The molecule has 0 unspecified atom stereocenters. The van der Waals surface area contributed by atoms with E-state index in [9.17, 15) is 24.0 Å². The van der Waals surface area contributed by atoms with Gasteiger partial charge in [-0.2, -0.15) is 0 Å². The summed E-state index contributed by atoms with van der Waals surface area (Å²) in [6.07, 6.45) is 2.51. The van der Waals surface area contributed by atoms with Gasteiger partial charge in [0.15, 0.2) is 6.61 Å². The summed E-state index contributed by atoms with van der Waals surface area (Å²) >= 11 is 0. The maximum Gasteiger partial charge on any atom is 0.349 e. The van der Waals surface area contributed by atoms with E-state index in [2.05, 4.69) is 11.3 Å². The van der Waals surface area contributed by atoms with Gasteiger partial charge in [0.05, 0.1) is 17.0 Å². The topological polar surface area (TPSA) is 142 Å². The third kappa shape index (κ3) is 7.52. The normalized spacial score (nSPS) is 16.8. The number of carbonyl (C=O) groups excluding carboxylic acids is 4. The van der Waals surface area contributed by atoms with Crippen LogP contribution in [-0.4, -0.2) is 47.7 Å². The number of hydrogen-bond donors (Lipinski definition) is 1. The molecule has 0 saturated heterocycles. The first-order valence-electron chi connectivity index (χ1n) is 11.1. The minimum Gasteiger partial charge on any atom is -0.481 e. The second-order valence-electron chi connectivity index (χ2n) is 7.94. The van der Waals surface area contributed by atoms with Crippen LogP contribution in [0.1, 0.15) is 46.4 Å². The van der Waals surface area contributed by atoms with Gasteiger partial charge in [0.1, 0.15) is 17.6 Å². The Labute approximate surface area is 206 Å². The fraction of sp³-hybridized carbons (Fsp3) is 0.269. The molecule has 1 saturated carbocycles. The molecule has 0 spiro atoms. The largest absolute Gasteiger partial charge is 0.481 e. The van der Waals surface area contributed by atoms with Gasteiger partial charge in [-0.05, 0) is 74.2 Å². The molecule has 0 radical (unpaired) electrons. The highest BCUT2D eigenvalue weighted by Crippen LogP contribution is 2.27. The molecule has 2 aromatic rings. The second-order valence-corrected chi connectivity index (χ2v) is 7.94. The van der Waals surface area contributed by atoms with Crippen molar-refractivity contribution in [1.29, 1.82) is 0 Å². The quantitative estimate of drug-likeness (QED) is 0.312. The SMILES string of the molecule is C=CC(=O)OCC(=O)Oc1ccc(OC(=O)c2ccc(C(=O)OC3CCC(C(=O)O)CC3)cc2)cc1. The summed E-state index contributed by atoms with van der Waals surface area (Å²) in [6, 6.07) is 11.4. The van der Waals surface area contributed by atoms with Crippen LogP contribution in [0.5, 0.6) is 11.5 Å². The fourth-order valence-corrected chi connectivity index (χ4v) is 3.48.